The van der Waals surface area contributed by atoms with Crippen molar-refractivity contribution in [3.63, 3.8) is 0 Å². The molecule has 1 N–H and O–H groups in total. The topological polar surface area (TPSA) is 47.0 Å². The van der Waals surface area contributed by atoms with Gasteiger partial charge >= 0.3 is 0 Å². The van der Waals surface area contributed by atoms with Crippen molar-refractivity contribution >= 4 is 0 Å². The second kappa shape index (κ2) is 8.93. The maximum atomic E-state index is 5.55. The van der Waals surface area contributed by atoms with E-state index in [9.17, 15) is 0 Å². The van der Waals surface area contributed by atoms with Crippen molar-refractivity contribution in [1.29, 1.82) is 0 Å². The van der Waals surface area contributed by atoms with E-state index in [2.05, 4.69) is 29.1 Å². The first kappa shape index (κ1) is 13.9. The molecule has 4 nitrogen and oxygen atoms in total. The number of aromatic nitrogens is 2. The molecule has 17 heavy (non-hydrogen) atoms. The minimum Gasteiger partial charge on any atom is -0.477 e. The summed E-state index contributed by atoms with van der Waals surface area (Å²) in [5.74, 6) is 0.636. The van der Waals surface area contributed by atoms with Gasteiger partial charge in [0.2, 0.25) is 5.88 Å². The SMILES string of the molecule is CCCCCOc1cncc(CNCCC)n1. The van der Waals surface area contributed by atoms with Crippen LogP contribution in [0.5, 0.6) is 5.88 Å². The summed E-state index contributed by atoms with van der Waals surface area (Å²) in [4.78, 5) is 8.53. The van der Waals surface area contributed by atoms with Crippen LogP contribution in [0.3, 0.4) is 0 Å². The fourth-order valence-corrected chi connectivity index (χ4v) is 1.46. The average molecular weight is 237 g/mol. The summed E-state index contributed by atoms with van der Waals surface area (Å²) in [5.41, 5.74) is 0.937. The third-order valence-electron chi connectivity index (χ3n) is 2.39. The van der Waals surface area contributed by atoms with Crippen molar-refractivity contribution in [1.82, 2.24) is 15.3 Å². The van der Waals surface area contributed by atoms with Gasteiger partial charge in [0.15, 0.2) is 0 Å². The first-order chi connectivity index (χ1) is 8.36. The summed E-state index contributed by atoms with van der Waals surface area (Å²) in [6.45, 7) is 6.82. The summed E-state index contributed by atoms with van der Waals surface area (Å²) in [7, 11) is 0. The molecule has 1 aromatic rings. The molecule has 0 amide bonds. The molecule has 0 aromatic carbocycles. The molecule has 0 radical (unpaired) electrons. The molecule has 0 saturated heterocycles. The van der Waals surface area contributed by atoms with Crippen LogP contribution < -0.4 is 10.1 Å². The lowest BCUT2D eigenvalue weighted by Gasteiger charge is -2.06. The highest BCUT2D eigenvalue weighted by atomic mass is 16.5. The zero-order valence-corrected chi connectivity index (χ0v) is 10.9. The number of ether oxygens (including phenoxy) is 1. The van der Waals surface area contributed by atoms with Crippen molar-refractivity contribution in [3.8, 4) is 5.88 Å². The fourth-order valence-electron chi connectivity index (χ4n) is 1.46. The van der Waals surface area contributed by atoms with Crippen LogP contribution in [-0.4, -0.2) is 23.1 Å². The van der Waals surface area contributed by atoms with E-state index in [0.717, 1.165) is 38.2 Å². The second-order valence-electron chi connectivity index (χ2n) is 4.08. The summed E-state index contributed by atoms with van der Waals surface area (Å²) in [6, 6.07) is 0. The molecule has 4 heteroatoms. The second-order valence-corrected chi connectivity index (χ2v) is 4.08. The van der Waals surface area contributed by atoms with E-state index >= 15 is 0 Å². The Balaban J connectivity index is 2.31. The summed E-state index contributed by atoms with van der Waals surface area (Å²) in [6.07, 6.45) is 8.06. The lowest BCUT2D eigenvalue weighted by atomic mass is 10.3. The molecule has 0 atom stereocenters. The highest BCUT2D eigenvalue weighted by molar-refractivity contribution is 5.08. The van der Waals surface area contributed by atoms with Gasteiger partial charge in [-0.3, -0.25) is 4.98 Å². The lowest BCUT2D eigenvalue weighted by molar-refractivity contribution is 0.292. The predicted octanol–water partition coefficient (Wildman–Crippen LogP) is 2.55. The minimum atomic E-state index is 0.636. The van der Waals surface area contributed by atoms with Gasteiger partial charge in [-0.2, -0.15) is 0 Å². The molecule has 1 aromatic heterocycles. The molecule has 0 unspecified atom stereocenters. The Kier molecular flexibility index (Phi) is 7.30. The van der Waals surface area contributed by atoms with E-state index in [0.29, 0.717) is 5.88 Å². The van der Waals surface area contributed by atoms with E-state index in [-0.39, 0.29) is 0 Å². The number of rotatable bonds is 9. The molecule has 0 spiro atoms. The Morgan fingerprint density at radius 3 is 2.82 bits per heavy atom. The van der Waals surface area contributed by atoms with Crippen molar-refractivity contribution < 1.29 is 4.74 Å². The molecular weight excluding hydrogens is 214 g/mol. The van der Waals surface area contributed by atoms with Gasteiger partial charge in [-0.15, -0.1) is 0 Å². The Bertz CT molecular complexity index is 304. The van der Waals surface area contributed by atoms with Crippen molar-refractivity contribution in [2.75, 3.05) is 13.2 Å². The van der Waals surface area contributed by atoms with Gasteiger partial charge in [0.05, 0.1) is 18.5 Å². The molecular formula is C13H23N3O. The monoisotopic (exact) mass is 237 g/mol. The first-order valence-electron chi connectivity index (χ1n) is 6.51. The van der Waals surface area contributed by atoms with Crippen LogP contribution >= 0.6 is 0 Å². The molecule has 1 heterocycles. The molecule has 0 aliphatic heterocycles. The third-order valence-corrected chi connectivity index (χ3v) is 2.39. The van der Waals surface area contributed by atoms with Gasteiger partial charge < -0.3 is 10.1 Å². The minimum absolute atomic E-state index is 0.636. The Labute approximate surface area is 104 Å². The zero-order chi connectivity index (χ0) is 12.3. The van der Waals surface area contributed by atoms with Crippen LogP contribution in [0, 0.1) is 0 Å². The fraction of sp³-hybridized carbons (Fsp3) is 0.692. The Hall–Kier alpha value is -1.16. The van der Waals surface area contributed by atoms with Gasteiger partial charge in [-0.05, 0) is 19.4 Å². The molecule has 0 aliphatic carbocycles. The summed E-state index contributed by atoms with van der Waals surface area (Å²) in [5, 5.41) is 3.30. The van der Waals surface area contributed by atoms with E-state index < -0.39 is 0 Å². The van der Waals surface area contributed by atoms with Crippen molar-refractivity contribution in [3.05, 3.63) is 18.1 Å². The van der Waals surface area contributed by atoms with Crippen molar-refractivity contribution in [2.45, 2.75) is 46.1 Å². The highest BCUT2D eigenvalue weighted by Gasteiger charge is 1.99. The first-order valence-corrected chi connectivity index (χ1v) is 6.51. The largest absolute Gasteiger partial charge is 0.477 e. The van der Waals surface area contributed by atoms with Gasteiger partial charge in [0.1, 0.15) is 0 Å². The molecule has 0 bridgehead atoms. The molecule has 0 saturated carbocycles. The lowest BCUT2D eigenvalue weighted by Crippen LogP contribution is -2.15. The van der Waals surface area contributed by atoms with Crippen molar-refractivity contribution in [2.24, 2.45) is 0 Å². The molecule has 1 rings (SSSR count). The number of nitrogens with zero attached hydrogens (tertiary/aromatic N) is 2. The summed E-state index contributed by atoms with van der Waals surface area (Å²) >= 11 is 0. The van der Waals surface area contributed by atoms with E-state index in [1.807, 2.05) is 0 Å². The molecule has 0 aliphatic rings. The van der Waals surface area contributed by atoms with Gasteiger partial charge in [0.25, 0.3) is 0 Å². The zero-order valence-electron chi connectivity index (χ0n) is 10.9. The predicted molar refractivity (Wildman–Crippen MR) is 69.0 cm³/mol. The maximum Gasteiger partial charge on any atom is 0.232 e. The van der Waals surface area contributed by atoms with Crippen LogP contribution in [0.2, 0.25) is 0 Å². The van der Waals surface area contributed by atoms with Crippen LogP contribution in [0.15, 0.2) is 12.4 Å². The molecule has 0 fully saturated rings. The molecule has 96 valence electrons. The Morgan fingerprint density at radius 1 is 1.18 bits per heavy atom. The Morgan fingerprint density at radius 2 is 2.06 bits per heavy atom. The average Bonchev–Trinajstić information content (AvgIpc) is 2.36. The third kappa shape index (κ3) is 6.22. The van der Waals surface area contributed by atoms with Gasteiger partial charge in [-0.1, -0.05) is 26.7 Å². The van der Waals surface area contributed by atoms with E-state index in [4.69, 9.17) is 4.74 Å². The van der Waals surface area contributed by atoms with Crippen LogP contribution in [0.1, 0.15) is 45.2 Å². The van der Waals surface area contributed by atoms with E-state index in [1.165, 1.54) is 12.8 Å². The standard InChI is InChI=1S/C13H23N3O/c1-3-5-6-8-17-13-11-15-10-12(16-13)9-14-7-4-2/h10-11,14H,3-9H2,1-2H3. The highest BCUT2D eigenvalue weighted by Crippen LogP contribution is 2.06. The van der Waals surface area contributed by atoms with Gasteiger partial charge in [-0.25, -0.2) is 4.98 Å². The number of nitrogens with one attached hydrogen (secondary N) is 1. The number of unbranched alkanes of at least 4 members (excludes halogenated alkanes) is 2. The number of hydrogen-bond acceptors (Lipinski definition) is 4. The smallest absolute Gasteiger partial charge is 0.232 e. The van der Waals surface area contributed by atoms with Crippen LogP contribution in [-0.2, 0) is 6.54 Å². The maximum absolute atomic E-state index is 5.55. The van der Waals surface area contributed by atoms with Crippen LogP contribution in [0.25, 0.3) is 0 Å². The van der Waals surface area contributed by atoms with Crippen LogP contribution in [0.4, 0.5) is 0 Å². The summed E-state index contributed by atoms with van der Waals surface area (Å²) < 4.78 is 5.55. The quantitative estimate of drug-likeness (QED) is 0.670. The number of hydrogen-bond donors (Lipinski definition) is 1. The van der Waals surface area contributed by atoms with E-state index in [1.54, 1.807) is 12.4 Å². The van der Waals surface area contributed by atoms with Gasteiger partial charge in [0, 0.05) is 12.7 Å². The normalized spacial score (nSPS) is 10.5.